The van der Waals surface area contributed by atoms with E-state index in [4.69, 9.17) is 13.9 Å². The number of rotatable bonds is 5. The van der Waals surface area contributed by atoms with Gasteiger partial charge in [-0.3, -0.25) is 14.5 Å². The van der Waals surface area contributed by atoms with Crippen LogP contribution in [0, 0.1) is 20.8 Å². The maximum Gasteiger partial charge on any atom is 0.300 e. The molecule has 0 saturated carbocycles. The lowest BCUT2D eigenvalue weighted by Crippen LogP contribution is -2.29. The smallest absolute Gasteiger partial charge is 0.300 e. The summed E-state index contributed by atoms with van der Waals surface area (Å²) in [6, 6.07) is 12.9. The van der Waals surface area contributed by atoms with E-state index in [2.05, 4.69) is 0 Å². The third kappa shape index (κ3) is 3.75. The number of furan rings is 1. The van der Waals surface area contributed by atoms with E-state index in [-0.39, 0.29) is 11.3 Å². The first-order valence-electron chi connectivity index (χ1n) is 10.4. The molecule has 0 aliphatic carbocycles. The summed E-state index contributed by atoms with van der Waals surface area (Å²) in [5.74, 6) is 0.0190. The molecule has 2 aromatic carbocycles. The molecule has 1 aliphatic rings. The van der Waals surface area contributed by atoms with Gasteiger partial charge in [-0.2, -0.15) is 0 Å². The molecule has 2 heterocycles. The van der Waals surface area contributed by atoms with Crippen molar-refractivity contribution in [2.24, 2.45) is 0 Å². The van der Waals surface area contributed by atoms with Gasteiger partial charge in [0.05, 0.1) is 19.8 Å². The zero-order chi connectivity index (χ0) is 23.9. The number of Topliss-reactive ketones (excluding diaryl/α,β-unsaturated/α-hetero) is 1. The van der Waals surface area contributed by atoms with E-state index in [1.165, 1.54) is 19.1 Å². The van der Waals surface area contributed by atoms with Crippen molar-refractivity contribution in [1.29, 1.82) is 0 Å². The van der Waals surface area contributed by atoms with Crippen molar-refractivity contribution < 1.29 is 28.6 Å². The lowest BCUT2D eigenvalue weighted by molar-refractivity contribution is -0.132. The van der Waals surface area contributed by atoms with Crippen LogP contribution < -0.4 is 14.4 Å². The lowest BCUT2D eigenvalue weighted by Gasteiger charge is -2.24. The summed E-state index contributed by atoms with van der Waals surface area (Å²) >= 11 is 0. The van der Waals surface area contributed by atoms with E-state index in [1.54, 1.807) is 43.3 Å². The molecule has 1 aliphatic heterocycles. The molecule has 33 heavy (non-hydrogen) atoms. The first-order chi connectivity index (χ1) is 15.8. The molecule has 1 unspecified atom stereocenters. The second-order valence-electron chi connectivity index (χ2n) is 7.96. The largest absolute Gasteiger partial charge is 0.507 e. The Balaban J connectivity index is 1.93. The highest BCUT2D eigenvalue weighted by molar-refractivity contribution is 6.51. The highest BCUT2D eigenvalue weighted by Crippen LogP contribution is 2.43. The number of aliphatic hydroxyl groups is 1. The second-order valence-corrected chi connectivity index (χ2v) is 7.96. The second kappa shape index (κ2) is 8.50. The van der Waals surface area contributed by atoms with E-state index >= 15 is 0 Å². The van der Waals surface area contributed by atoms with Crippen LogP contribution >= 0.6 is 0 Å². The average Bonchev–Trinajstić information content (AvgIpc) is 3.35. The zero-order valence-electron chi connectivity index (χ0n) is 19.1. The number of ketones is 1. The number of anilines is 1. The number of benzene rings is 2. The molecule has 0 radical (unpaired) electrons. The summed E-state index contributed by atoms with van der Waals surface area (Å²) in [5.41, 5.74) is 2.85. The monoisotopic (exact) mass is 447 g/mol. The van der Waals surface area contributed by atoms with Gasteiger partial charge in [0.2, 0.25) is 0 Å². The molecule has 7 nitrogen and oxygen atoms in total. The SMILES string of the molecule is COc1ccc(/C(O)=C2/C(=O)C(=O)N(c3ccc(C)c(C)c3)C2c2ccc(C)o2)cc1OC. The summed E-state index contributed by atoms with van der Waals surface area (Å²) in [4.78, 5) is 27.8. The average molecular weight is 447 g/mol. The van der Waals surface area contributed by atoms with Crippen LogP contribution in [0.2, 0.25) is 0 Å². The number of aryl methyl sites for hydroxylation is 3. The Morgan fingerprint density at radius 3 is 2.24 bits per heavy atom. The molecular formula is C26H25NO6. The van der Waals surface area contributed by atoms with Crippen molar-refractivity contribution in [3.05, 3.63) is 82.3 Å². The molecule has 170 valence electrons. The number of hydrogen-bond acceptors (Lipinski definition) is 6. The number of carbonyl (C=O) groups excluding carboxylic acids is 2. The van der Waals surface area contributed by atoms with Crippen molar-refractivity contribution in [3.8, 4) is 11.5 Å². The molecule has 0 spiro atoms. The number of carbonyl (C=O) groups is 2. The van der Waals surface area contributed by atoms with Gasteiger partial charge in [0, 0.05) is 11.3 Å². The van der Waals surface area contributed by atoms with Crippen LogP contribution in [0.4, 0.5) is 5.69 Å². The standard InChI is InChI=1S/C26H25NO6/c1-14-6-9-18(12-15(14)2)27-23(20-10-7-16(3)33-20)22(25(29)26(27)30)24(28)17-8-11-19(31-4)21(13-17)32-5/h6-13,23,28H,1-5H3/b24-22-. The normalized spacial score (nSPS) is 17.5. The number of hydrogen-bond donors (Lipinski definition) is 1. The molecule has 1 aromatic heterocycles. The Morgan fingerprint density at radius 1 is 0.909 bits per heavy atom. The Morgan fingerprint density at radius 2 is 1.64 bits per heavy atom. The molecular weight excluding hydrogens is 422 g/mol. The van der Waals surface area contributed by atoms with Crippen molar-refractivity contribution in [2.75, 3.05) is 19.1 Å². The van der Waals surface area contributed by atoms with Crippen molar-refractivity contribution in [3.63, 3.8) is 0 Å². The van der Waals surface area contributed by atoms with Gasteiger partial charge in [0.25, 0.3) is 11.7 Å². The van der Waals surface area contributed by atoms with Gasteiger partial charge in [-0.15, -0.1) is 0 Å². The minimum Gasteiger partial charge on any atom is -0.507 e. The molecule has 3 aromatic rings. The molecule has 7 heteroatoms. The van der Waals surface area contributed by atoms with Crippen molar-refractivity contribution in [1.82, 2.24) is 0 Å². The Bertz CT molecular complexity index is 1290. The van der Waals surface area contributed by atoms with E-state index in [9.17, 15) is 14.7 Å². The lowest BCUT2D eigenvalue weighted by atomic mass is 9.98. The van der Waals surface area contributed by atoms with E-state index < -0.39 is 17.7 Å². The molecule has 1 N–H and O–H groups in total. The van der Waals surface area contributed by atoms with Crippen LogP contribution in [-0.4, -0.2) is 31.0 Å². The van der Waals surface area contributed by atoms with Crippen LogP contribution in [0.5, 0.6) is 11.5 Å². The highest BCUT2D eigenvalue weighted by Gasteiger charge is 2.48. The van der Waals surface area contributed by atoms with E-state index in [0.29, 0.717) is 34.3 Å². The van der Waals surface area contributed by atoms with Crippen LogP contribution in [0.1, 0.15) is 34.3 Å². The first kappa shape index (κ1) is 22.2. The predicted octanol–water partition coefficient (Wildman–Crippen LogP) is 4.85. The Hall–Kier alpha value is -4.00. The van der Waals surface area contributed by atoms with Crippen LogP contribution in [0.15, 0.2) is 58.5 Å². The summed E-state index contributed by atoms with van der Waals surface area (Å²) in [6.45, 7) is 5.68. The van der Waals surface area contributed by atoms with Crippen molar-refractivity contribution in [2.45, 2.75) is 26.8 Å². The Labute approximate surface area is 191 Å². The van der Waals surface area contributed by atoms with Gasteiger partial charge in [-0.05, 0) is 74.4 Å². The maximum atomic E-state index is 13.2. The maximum absolute atomic E-state index is 13.2. The van der Waals surface area contributed by atoms with Crippen LogP contribution in [0.25, 0.3) is 5.76 Å². The minimum absolute atomic E-state index is 0.0557. The molecule has 1 atom stereocenters. The van der Waals surface area contributed by atoms with Gasteiger partial charge >= 0.3 is 0 Å². The summed E-state index contributed by atoms with van der Waals surface area (Å²) < 4.78 is 16.4. The fraction of sp³-hybridized carbons (Fsp3) is 0.231. The highest BCUT2D eigenvalue weighted by atomic mass is 16.5. The van der Waals surface area contributed by atoms with E-state index in [0.717, 1.165) is 11.1 Å². The third-order valence-corrected chi connectivity index (χ3v) is 5.90. The summed E-state index contributed by atoms with van der Waals surface area (Å²) in [6.07, 6.45) is 0. The van der Waals surface area contributed by atoms with Crippen molar-refractivity contribution >= 4 is 23.1 Å². The number of methoxy groups -OCH3 is 2. The molecule has 1 fully saturated rings. The number of amides is 1. The summed E-state index contributed by atoms with van der Waals surface area (Å²) in [7, 11) is 2.98. The third-order valence-electron chi connectivity index (χ3n) is 5.90. The summed E-state index contributed by atoms with van der Waals surface area (Å²) in [5, 5.41) is 11.2. The fourth-order valence-electron chi connectivity index (χ4n) is 3.98. The van der Waals surface area contributed by atoms with Crippen LogP contribution in [0.3, 0.4) is 0 Å². The first-order valence-corrected chi connectivity index (χ1v) is 10.4. The topological polar surface area (TPSA) is 89.2 Å². The molecule has 0 bridgehead atoms. The van der Waals surface area contributed by atoms with Gasteiger partial charge in [-0.1, -0.05) is 6.07 Å². The Kier molecular flexibility index (Phi) is 5.72. The van der Waals surface area contributed by atoms with Gasteiger partial charge in [-0.25, -0.2) is 0 Å². The van der Waals surface area contributed by atoms with Gasteiger partial charge in [0.1, 0.15) is 23.3 Å². The number of aliphatic hydroxyl groups excluding tert-OH is 1. The van der Waals surface area contributed by atoms with E-state index in [1.807, 2.05) is 26.0 Å². The van der Waals surface area contributed by atoms with Crippen LogP contribution in [-0.2, 0) is 9.59 Å². The van der Waals surface area contributed by atoms with Gasteiger partial charge < -0.3 is 19.0 Å². The number of nitrogens with zero attached hydrogens (tertiary/aromatic N) is 1. The molecule has 1 saturated heterocycles. The number of ether oxygens (including phenoxy) is 2. The quantitative estimate of drug-likeness (QED) is 0.342. The minimum atomic E-state index is -0.922. The molecule has 1 amide bonds. The molecule has 4 rings (SSSR count). The predicted molar refractivity (Wildman–Crippen MR) is 124 cm³/mol. The van der Waals surface area contributed by atoms with Gasteiger partial charge in [0.15, 0.2) is 11.5 Å². The fourth-order valence-corrected chi connectivity index (χ4v) is 3.98. The zero-order valence-corrected chi connectivity index (χ0v) is 19.1.